The van der Waals surface area contributed by atoms with Crippen LogP contribution in [-0.4, -0.2) is 40.6 Å². The molecule has 0 aromatic heterocycles. The van der Waals surface area contributed by atoms with Crippen molar-refractivity contribution in [3.05, 3.63) is 29.8 Å². The number of benzene rings is 1. The maximum absolute atomic E-state index is 13.2. The highest BCUT2D eigenvalue weighted by Crippen LogP contribution is 2.44. The topological polar surface area (TPSA) is 52.6 Å². The van der Waals surface area contributed by atoms with Gasteiger partial charge < -0.3 is 10.4 Å². The van der Waals surface area contributed by atoms with E-state index in [1.165, 1.54) is 89.0 Å². The zero-order valence-corrected chi connectivity index (χ0v) is 20.4. The van der Waals surface area contributed by atoms with Gasteiger partial charge in [-0.1, -0.05) is 63.5 Å². The van der Waals surface area contributed by atoms with E-state index in [-0.39, 0.29) is 5.92 Å². The minimum atomic E-state index is 0.251. The molecular weight excluding hydrogens is 408 g/mol. The van der Waals surface area contributed by atoms with E-state index in [4.69, 9.17) is 0 Å². The lowest BCUT2D eigenvalue weighted by Crippen LogP contribution is -2.52. The largest absolute Gasteiger partial charge is 0.508 e. The van der Waals surface area contributed by atoms with Gasteiger partial charge >= 0.3 is 0 Å². The first-order valence-corrected chi connectivity index (χ1v) is 14.0. The molecule has 5 rings (SSSR count). The third-order valence-corrected chi connectivity index (χ3v) is 9.32. The molecule has 1 aromatic rings. The molecule has 4 aliphatic rings. The van der Waals surface area contributed by atoms with E-state index in [9.17, 15) is 9.90 Å². The predicted molar refractivity (Wildman–Crippen MR) is 133 cm³/mol. The second-order valence-electron chi connectivity index (χ2n) is 11.6. The van der Waals surface area contributed by atoms with Crippen molar-refractivity contribution in [3.8, 4) is 5.75 Å². The van der Waals surface area contributed by atoms with Gasteiger partial charge in [-0.3, -0.25) is 9.69 Å². The maximum atomic E-state index is 13.2. The molecule has 4 fully saturated rings. The summed E-state index contributed by atoms with van der Waals surface area (Å²) in [5, 5.41) is 13.5. The Morgan fingerprint density at radius 3 is 2.27 bits per heavy atom. The summed E-state index contributed by atoms with van der Waals surface area (Å²) in [6.07, 6.45) is 18.9. The van der Waals surface area contributed by atoms with Crippen LogP contribution in [0.5, 0.6) is 5.75 Å². The third-order valence-electron chi connectivity index (χ3n) is 9.32. The molecule has 1 aromatic carbocycles. The summed E-state index contributed by atoms with van der Waals surface area (Å²) in [4.78, 5) is 16.0. The van der Waals surface area contributed by atoms with E-state index in [2.05, 4.69) is 16.3 Å². The normalized spacial score (nSPS) is 30.2. The number of piperidine rings is 1. The smallest absolute Gasteiger partial charge is 0.223 e. The van der Waals surface area contributed by atoms with Crippen molar-refractivity contribution in [1.29, 1.82) is 0 Å². The van der Waals surface area contributed by atoms with Crippen LogP contribution in [0.3, 0.4) is 0 Å². The Morgan fingerprint density at radius 2 is 1.61 bits per heavy atom. The number of carbonyl (C=O) groups is 1. The van der Waals surface area contributed by atoms with Crippen molar-refractivity contribution in [3.63, 3.8) is 0 Å². The van der Waals surface area contributed by atoms with Gasteiger partial charge in [0.15, 0.2) is 0 Å². The summed E-state index contributed by atoms with van der Waals surface area (Å²) in [6.45, 7) is 1.04. The van der Waals surface area contributed by atoms with Gasteiger partial charge in [-0.15, -0.1) is 0 Å². The molecule has 1 amide bonds. The molecule has 4 heteroatoms. The van der Waals surface area contributed by atoms with Gasteiger partial charge in [0.1, 0.15) is 5.75 Å². The van der Waals surface area contributed by atoms with Crippen molar-refractivity contribution in [2.75, 3.05) is 6.54 Å². The summed E-state index contributed by atoms with van der Waals surface area (Å²) in [5.41, 5.74) is 1.30. The van der Waals surface area contributed by atoms with Crippen LogP contribution in [-0.2, 0) is 4.79 Å². The molecule has 2 aliphatic heterocycles. The highest BCUT2D eigenvalue weighted by atomic mass is 16.3. The van der Waals surface area contributed by atoms with Crippen molar-refractivity contribution in [1.82, 2.24) is 10.2 Å². The van der Waals surface area contributed by atoms with E-state index in [1.807, 2.05) is 12.1 Å². The van der Waals surface area contributed by atoms with Gasteiger partial charge in [0.2, 0.25) is 5.91 Å². The van der Waals surface area contributed by atoms with Crippen LogP contribution in [0.4, 0.5) is 0 Å². The molecule has 2 unspecified atom stereocenters. The Kier molecular flexibility index (Phi) is 7.59. The van der Waals surface area contributed by atoms with Crippen molar-refractivity contribution < 1.29 is 9.90 Å². The molecule has 4 nitrogen and oxygen atoms in total. The molecule has 4 atom stereocenters. The van der Waals surface area contributed by atoms with E-state index in [0.29, 0.717) is 35.7 Å². The third kappa shape index (κ3) is 5.75. The summed E-state index contributed by atoms with van der Waals surface area (Å²) in [6, 6.07) is 9.47. The highest BCUT2D eigenvalue weighted by molar-refractivity contribution is 5.79. The van der Waals surface area contributed by atoms with Gasteiger partial charge in [0, 0.05) is 30.6 Å². The average Bonchev–Trinajstić information content (AvgIpc) is 3.06. The number of nitrogens with zero attached hydrogens (tertiary/aromatic N) is 1. The molecule has 2 bridgehead atoms. The molecule has 0 radical (unpaired) electrons. The van der Waals surface area contributed by atoms with Gasteiger partial charge in [-0.25, -0.2) is 0 Å². The highest BCUT2D eigenvalue weighted by Gasteiger charge is 2.42. The number of hydrogen-bond acceptors (Lipinski definition) is 3. The number of fused-ring (bicyclic) bond motifs is 2. The van der Waals surface area contributed by atoms with Crippen LogP contribution in [0.1, 0.15) is 108 Å². The summed E-state index contributed by atoms with van der Waals surface area (Å²) < 4.78 is 0. The lowest BCUT2D eigenvalue weighted by atomic mass is 9.82. The lowest BCUT2D eigenvalue weighted by molar-refractivity contribution is -0.127. The Morgan fingerprint density at radius 1 is 0.939 bits per heavy atom. The fraction of sp³-hybridized carbons (Fsp3) is 0.759. The number of amides is 1. The maximum Gasteiger partial charge on any atom is 0.223 e. The van der Waals surface area contributed by atoms with Crippen LogP contribution in [0.15, 0.2) is 24.3 Å². The number of rotatable bonds is 7. The van der Waals surface area contributed by atoms with Crippen LogP contribution < -0.4 is 5.32 Å². The zero-order valence-electron chi connectivity index (χ0n) is 20.4. The van der Waals surface area contributed by atoms with Gasteiger partial charge in [-0.05, 0) is 74.5 Å². The first kappa shape index (κ1) is 23.2. The number of carbonyl (C=O) groups excluding carboxylic acids is 1. The average molecular weight is 453 g/mol. The Bertz CT molecular complexity index is 770. The van der Waals surface area contributed by atoms with Crippen LogP contribution >= 0.6 is 0 Å². The molecule has 0 spiro atoms. The SMILES string of the molecule is O=C(NC(CC1CCCCC1)CN1[C@@H]2CC[C@H]1CC(c1cccc(O)c1)C2)C1CCCCC1. The Hall–Kier alpha value is -1.55. The second kappa shape index (κ2) is 10.8. The molecule has 182 valence electrons. The first-order valence-electron chi connectivity index (χ1n) is 14.0. The molecule has 2 N–H and O–H groups in total. The number of hydrogen-bond donors (Lipinski definition) is 2. The minimum Gasteiger partial charge on any atom is -0.508 e. The van der Waals surface area contributed by atoms with E-state index >= 15 is 0 Å². The summed E-state index contributed by atoms with van der Waals surface area (Å²) >= 11 is 0. The second-order valence-corrected chi connectivity index (χ2v) is 11.6. The van der Waals surface area contributed by atoms with E-state index in [1.54, 1.807) is 6.07 Å². The fourth-order valence-corrected chi connectivity index (χ4v) is 7.57. The van der Waals surface area contributed by atoms with Gasteiger partial charge in [0.05, 0.1) is 0 Å². The monoisotopic (exact) mass is 452 g/mol. The molecule has 2 saturated heterocycles. The fourth-order valence-electron chi connectivity index (χ4n) is 7.57. The van der Waals surface area contributed by atoms with Crippen molar-refractivity contribution >= 4 is 5.91 Å². The van der Waals surface area contributed by atoms with Crippen LogP contribution in [0.2, 0.25) is 0 Å². The van der Waals surface area contributed by atoms with E-state index in [0.717, 1.165) is 25.3 Å². The molecule has 2 saturated carbocycles. The molecule has 2 heterocycles. The lowest BCUT2D eigenvalue weighted by Gasteiger charge is -2.42. The predicted octanol–water partition coefficient (Wildman–Crippen LogP) is 6.14. The Labute approximate surface area is 200 Å². The first-order chi connectivity index (χ1) is 16.2. The summed E-state index contributed by atoms with van der Waals surface area (Å²) in [5.74, 6) is 2.33. The standard InChI is InChI=1S/C29H44N2O2/c32-28-13-7-12-23(19-28)24-17-26-14-15-27(18-24)31(26)20-25(16-21-8-3-1-4-9-21)30-29(33)22-10-5-2-6-11-22/h7,12-13,19,21-22,24-27,32H,1-6,8-11,14-18,20H2,(H,30,33)/t24?,25?,26-,27+. The molecule has 33 heavy (non-hydrogen) atoms. The molecular formula is C29H44N2O2. The molecule has 2 aliphatic carbocycles. The number of phenols is 1. The zero-order chi connectivity index (χ0) is 22.6. The number of nitrogens with one attached hydrogen (secondary N) is 1. The summed E-state index contributed by atoms with van der Waals surface area (Å²) in [7, 11) is 0. The van der Waals surface area contributed by atoms with Crippen LogP contribution in [0.25, 0.3) is 0 Å². The number of phenolic OH excluding ortho intramolecular Hbond substituents is 1. The van der Waals surface area contributed by atoms with Crippen molar-refractivity contribution in [2.45, 2.75) is 120 Å². The number of aromatic hydroxyl groups is 1. The quantitative estimate of drug-likeness (QED) is 0.522. The van der Waals surface area contributed by atoms with Crippen molar-refractivity contribution in [2.24, 2.45) is 11.8 Å². The van der Waals surface area contributed by atoms with E-state index < -0.39 is 0 Å². The Balaban J connectivity index is 1.24. The minimum absolute atomic E-state index is 0.251. The van der Waals surface area contributed by atoms with Crippen LogP contribution in [0, 0.1) is 11.8 Å². The van der Waals surface area contributed by atoms with Gasteiger partial charge in [0.25, 0.3) is 0 Å². The van der Waals surface area contributed by atoms with Gasteiger partial charge in [-0.2, -0.15) is 0 Å².